The van der Waals surface area contributed by atoms with Crippen LogP contribution in [0.5, 0.6) is 0 Å². The smallest absolute Gasteiger partial charge is 0.220 e. The number of piperidine rings is 1. The van der Waals surface area contributed by atoms with E-state index in [1.54, 1.807) is 0 Å². The van der Waals surface area contributed by atoms with Crippen LogP contribution in [-0.4, -0.2) is 24.5 Å². The molecule has 104 valence electrons. The molecule has 1 aliphatic heterocycles. The number of carbonyl (C=O) groups is 1. The summed E-state index contributed by atoms with van der Waals surface area (Å²) in [6, 6.07) is 0.721. The molecule has 1 saturated carbocycles. The van der Waals surface area contributed by atoms with Crippen LogP contribution in [0, 0.1) is 11.8 Å². The Morgan fingerprint density at radius 1 is 1.17 bits per heavy atom. The molecule has 0 spiro atoms. The lowest BCUT2D eigenvalue weighted by Gasteiger charge is -2.36. The zero-order valence-electron chi connectivity index (χ0n) is 11.9. The van der Waals surface area contributed by atoms with Crippen LogP contribution in [0.2, 0.25) is 0 Å². The molecule has 18 heavy (non-hydrogen) atoms. The predicted molar refractivity (Wildman–Crippen MR) is 74.4 cm³/mol. The van der Waals surface area contributed by atoms with Gasteiger partial charge in [-0.2, -0.15) is 0 Å². The Hall–Kier alpha value is -0.570. The minimum absolute atomic E-state index is 0.273. The molecule has 3 unspecified atom stereocenters. The summed E-state index contributed by atoms with van der Waals surface area (Å²) in [7, 11) is 0. The van der Waals surface area contributed by atoms with E-state index in [-0.39, 0.29) is 5.91 Å². The average Bonchev–Trinajstić information content (AvgIpc) is 2.35. The molecule has 1 amide bonds. The molecule has 3 heteroatoms. The second-order valence-corrected chi connectivity index (χ2v) is 6.31. The molecule has 3 atom stereocenters. The maximum atomic E-state index is 12.1. The minimum Gasteiger partial charge on any atom is -0.352 e. The number of hydrogen-bond acceptors (Lipinski definition) is 2. The first-order valence-electron chi connectivity index (χ1n) is 7.69. The monoisotopic (exact) mass is 252 g/mol. The predicted octanol–water partition coefficient (Wildman–Crippen LogP) is 2.46. The second kappa shape index (κ2) is 6.55. The summed E-state index contributed by atoms with van der Waals surface area (Å²) in [6.45, 7) is 5.52. The highest BCUT2D eigenvalue weighted by molar-refractivity contribution is 5.76. The molecular formula is C15H28N2O. The van der Waals surface area contributed by atoms with Gasteiger partial charge in [0.15, 0.2) is 0 Å². The van der Waals surface area contributed by atoms with E-state index in [9.17, 15) is 4.79 Å². The quantitative estimate of drug-likeness (QED) is 0.810. The van der Waals surface area contributed by atoms with Crippen LogP contribution in [0.1, 0.15) is 58.8 Å². The molecule has 2 rings (SSSR count). The van der Waals surface area contributed by atoms with Crippen LogP contribution in [0.4, 0.5) is 0 Å². The lowest BCUT2D eigenvalue weighted by molar-refractivity contribution is -0.123. The van der Waals surface area contributed by atoms with E-state index in [2.05, 4.69) is 24.5 Å². The van der Waals surface area contributed by atoms with Crippen molar-refractivity contribution in [2.75, 3.05) is 6.54 Å². The van der Waals surface area contributed by atoms with Crippen molar-refractivity contribution in [1.29, 1.82) is 0 Å². The van der Waals surface area contributed by atoms with E-state index in [0.29, 0.717) is 23.9 Å². The van der Waals surface area contributed by atoms with Crippen LogP contribution >= 0.6 is 0 Å². The first-order valence-corrected chi connectivity index (χ1v) is 7.69. The van der Waals surface area contributed by atoms with Crippen molar-refractivity contribution < 1.29 is 4.79 Å². The van der Waals surface area contributed by atoms with Gasteiger partial charge in [0.25, 0.3) is 0 Å². The summed E-state index contributed by atoms with van der Waals surface area (Å²) >= 11 is 0. The first kappa shape index (κ1) is 13.9. The third-order valence-electron chi connectivity index (χ3n) is 4.74. The Bertz CT molecular complexity index is 264. The summed E-state index contributed by atoms with van der Waals surface area (Å²) in [5.74, 6) is 1.51. The SMILES string of the molecule is CC1CCNC(C)C1NC(=O)CC1CCCCC1. The summed E-state index contributed by atoms with van der Waals surface area (Å²) in [5.41, 5.74) is 0. The molecule has 2 aliphatic rings. The van der Waals surface area contributed by atoms with Gasteiger partial charge in [-0.1, -0.05) is 26.2 Å². The van der Waals surface area contributed by atoms with E-state index in [4.69, 9.17) is 0 Å². The molecule has 2 N–H and O–H groups in total. The number of hydrogen-bond donors (Lipinski definition) is 2. The molecular weight excluding hydrogens is 224 g/mol. The Labute approximate surface area is 111 Å². The zero-order chi connectivity index (χ0) is 13.0. The van der Waals surface area contributed by atoms with Crippen molar-refractivity contribution in [3.63, 3.8) is 0 Å². The van der Waals surface area contributed by atoms with Crippen LogP contribution < -0.4 is 10.6 Å². The van der Waals surface area contributed by atoms with Crippen molar-refractivity contribution in [1.82, 2.24) is 10.6 Å². The van der Waals surface area contributed by atoms with E-state index < -0.39 is 0 Å². The Morgan fingerprint density at radius 2 is 1.89 bits per heavy atom. The maximum Gasteiger partial charge on any atom is 0.220 e. The first-order chi connectivity index (χ1) is 8.66. The molecule has 0 radical (unpaired) electrons. The molecule has 0 aromatic rings. The third kappa shape index (κ3) is 3.71. The van der Waals surface area contributed by atoms with Gasteiger partial charge in [0.1, 0.15) is 0 Å². The fraction of sp³-hybridized carbons (Fsp3) is 0.933. The van der Waals surface area contributed by atoms with Gasteiger partial charge in [-0.3, -0.25) is 4.79 Å². The highest BCUT2D eigenvalue weighted by Crippen LogP contribution is 2.26. The van der Waals surface area contributed by atoms with Gasteiger partial charge in [0, 0.05) is 18.5 Å². The van der Waals surface area contributed by atoms with Crippen molar-refractivity contribution in [3.8, 4) is 0 Å². The number of rotatable bonds is 3. The molecule has 2 fully saturated rings. The average molecular weight is 252 g/mol. The summed E-state index contributed by atoms with van der Waals surface area (Å²) < 4.78 is 0. The molecule has 0 bridgehead atoms. The van der Waals surface area contributed by atoms with Gasteiger partial charge < -0.3 is 10.6 Å². The normalized spacial score (nSPS) is 34.2. The number of amides is 1. The number of nitrogens with one attached hydrogen (secondary N) is 2. The summed E-state index contributed by atoms with van der Waals surface area (Å²) in [5, 5.41) is 6.72. The van der Waals surface area contributed by atoms with Crippen LogP contribution in [0.15, 0.2) is 0 Å². The van der Waals surface area contributed by atoms with Crippen molar-refractivity contribution >= 4 is 5.91 Å². The lowest BCUT2D eigenvalue weighted by Crippen LogP contribution is -2.56. The van der Waals surface area contributed by atoms with E-state index in [1.807, 2.05) is 0 Å². The third-order valence-corrected chi connectivity index (χ3v) is 4.74. The minimum atomic E-state index is 0.273. The maximum absolute atomic E-state index is 12.1. The van der Waals surface area contributed by atoms with Gasteiger partial charge in [0.05, 0.1) is 0 Å². The molecule has 3 nitrogen and oxygen atoms in total. The largest absolute Gasteiger partial charge is 0.352 e. The van der Waals surface area contributed by atoms with E-state index >= 15 is 0 Å². The second-order valence-electron chi connectivity index (χ2n) is 6.31. The van der Waals surface area contributed by atoms with Crippen LogP contribution in [-0.2, 0) is 4.79 Å². The van der Waals surface area contributed by atoms with Gasteiger partial charge in [-0.05, 0) is 44.6 Å². The van der Waals surface area contributed by atoms with Gasteiger partial charge in [0.2, 0.25) is 5.91 Å². The van der Waals surface area contributed by atoms with Gasteiger partial charge in [-0.15, -0.1) is 0 Å². The Balaban J connectivity index is 1.78. The van der Waals surface area contributed by atoms with E-state index in [1.165, 1.54) is 38.5 Å². The van der Waals surface area contributed by atoms with Gasteiger partial charge >= 0.3 is 0 Å². The van der Waals surface area contributed by atoms with Crippen molar-refractivity contribution in [2.24, 2.45) is 11.8 Å². The topological polar surface area (TPSA) is 41.1 Å². The molecule has 0 aromatic carbocycles. The molecule has 1 aliphatic carbocycles. The molecule has 0 aromatic heterocycles. The zero-order valence-corrected chi connectivity index (χ0v) is 11.9. The van der Waals surface area contributed by atoms with Crippen LogP contribution in [0.3, 0.4) is 0 Å². The van der Waals surface area contributed by atoms with E-state index in [0.717, 1.165) is 13.0 Å². The van der Waals surface area contributed by atoms with Crippen molar-refractivity contribution in [2.45, 2.75) is 70.9 Å². The highest BCUT2D eigenvalue weighted by atomic mass is 16.1. The summed E-state index contributed by atoms with van der Waals surface area (Å²) in [4.78, 5) is 12.1. The standard InChI is InChI=1S/C15H28N2O/c1-11-8-9-16-12(2)15(11)17-14(18)10-13-6-4-3-5-7-13/h11-13,15-16H,3-10H2,1-2H3,(H,17,18). The Kier molecular flexibility index (Phi) is 5.04. The fourth-order valence-electron chi connectivity index (χ4n) is 3.50. The van der Waals surface area contributed by atoms with Crippen LogP contribution in [0.25, 0.3) is 0 Å². The number of carbonyl (C=O) groups excluding carboxylic acids is 1. The van der Waals surface area contributed by atoms with Crippen molar-refractivity contribution in [3.05, 3.63) is 0 Å². The lowest BCUT2D eigenvalue weighted by atomic mass is 9.86. The highest BCUT2D eigenvalue weighted by Gasteiger charge is 2.29. The molecule has 1 saturated heterocycles. The Morgan fingerprint density at radius 3 is 2.56 bits per heavy atom. The molecule has 1 heterocycles. The fourth-order valence-corrected chi connectivity index (χ4v) is 3.50. The van der Waals surface area contributed by atoms with Gasteiger partial charge in [-0.25, -0.2) is 0 Å². The summed E-state index contributed by atoms with van der Waals surface area (Å²) in [6.07, 6.45) is 8.40.